The number of hydrogen-bond acceptors (Lipinski definition) is 12. The van der Waals surface area contributed by atoms with Crippen LogP contribution in [0.1, 0.15) is 30.4 Å². The van der Waals surface area contributed by atoms with E-state index in [0.29, 0.717) is 52.5 Å². The van der Waals surface area contributed by atoms with E-state index in [0.717, 1.165) is 53.9 Å². The lowest BCUT2D eigenvalue weighted by molar-refractivity contribution is -0.119. The number of urea groups is 1. The molecule has 7 N–H and O–H groups in total. The quantitative estimate of drug-likeness (QED) is 0.112. The molecule has 0 bridgehead atoms. The van der Waals surface area contributed by atoms with Gasteiger partial charge in [-0.05, 0) is 117 Å². The minimum Gasteiger partial charge on any atom is -0.368 e. The molecule has 0 spiro atoms. The molecule has 2 saturated heterocycles. The summed E-state index contributed by atoms with van der Waals surface area (Å²) in [6.07, 6.45) is 3.82. The fraction of sp³-hybridized carbons (Fsp3) is 0.227. The predicted molar refractivity (Wildman–Crippen MR) is 233 cm³/mol. The summed E-state index contributed by atoms with van der Waals surface area (Å²) >= 11 is 0. The molecule has 2 atom stereocenters. The highest BCUT2D eigenvalue weighted by Gasteiger charge is 2.31. The summed E-state index contributed by atoms with van der Waals surface area (Å²) in [7, 11) is 0. The summed E-state index contributed by atoms with van der Waals surface area (Å²) in [5.74, 6) is 1.21. The summed E-state index contributed by atoms with van der Waals surface area (Å²) in [5, 5.41) is 8.93. The Hall–Kier alpha value is -7.49. The van der Waals surface area contributed by atoms with Crippen LogP contribution in [0.2, 0.25) is 0 Å². The Morgan fingerprint density at radius 3 is 2.12 bits per heavy atom. The zero-order valence-electron chi connectivity index (χ0n) is 33.1. The van der Waals surface area contributed by atoms with E-state index in [2.05, 4.69) is 45.8 Å². The molecule has 16 heteroatoms. The molecular formula is C44H44FN13O2. The Labute approximate surface area is 345 Å². The zero-order chi connectivity index (χ0) is 41.8. The van der Waals surface area contributed by atoms with Gasteiger partial charge in [-0.1, -0.05) is 24.3 Å². The van der Waals surface area contributed by atoms with Gasteiger partial charge in [-0.3, -0.25) is 9.78 Å². The molecule has 2 fully saturated rings. The largest absolute Gasteiger partial charge is 0.368 e. The van der Waals surface area contributed by atoms with Gasteiger partial charge in [0.2, 0.25) is 17.8 Å². The average molecular weight is 806 g/mol. The van der Waals surface area contributed by atoms with E-state index in [9.17, 15) is 14.0 Å². The molecule has 0 saturated carbocycles. The molecule has 6 heterocycles. The van der Waals surface area contributed by atoms with Gasteiger partial charge in [0.25, 0.3) is 0 Å². The highest BCUT2D eigenvalue weighted by molar-refractivity contribution is 5.94. The molecule has 7 aromatic rings. The van der Waals surface area contributed by atoms with E-state index in [4.69, 9.17) is 16.5 Å². The Morgan fingerprint density at radius 2 is 1.40 bits per heavy atom. The Balaban J connectivity index is 0.000000172. The lowest BCUT2D eigenvalue weighted by Gasteiger charge is -2.27. The van der Waals surface area contributed by atoms with Crippen molar-refractivity contribution < 1.29 is 14.0 Å². The standard InChI is InChI=1S/C25H24FN7O.C19H20N6O/c1-15-4-2-5-18(14-15)28-25(34)31-21-6-3-13-33(21)23-22-20(30-24(27)32-23)12-11-19(29-22)16-7-9-17(26)10-8-16;1-12-4-2-5-14(10-12)22-18(26)13-7-9-25(11-13)17-16-15(6-3-8-21-16)23-19(20)24-17/h2,4-5,7-12,14,21H,3,6,13H2,1H3,(H2,27,30,32)(H2,28,31,34);2-6,8,10,13H,7,9,11H2,1H3,(H,22,26)(H2,20,23,24)/t21-;13-/m00/s1. The Morgan fingerprint density at radius 1 is 0.717 bits per heavy atom. The van der Waals surface area contributed by atoms with Crippen LogP contribution in [-0.4, -0.2) is 67.6 Å². The van der Waals surface area contributed by atoms with Gasteiger partial charge in [0.15, 0.2) is 11.6 Å². The van der Waals surface area contributed by atoms with Crippen LogP contribution in [0, 0.1) is 25.6 Å². The van der Waals surface area contributed by atoms with Crippen molar-refractivity contribution in [3.63, 3.8) is 0 Å². The van der Waals surface area contributed by atoms with Crippen LogP contribution in [-0.2, 0) is 4.79 Å². The third-order valence-electron chi connectivity index (χ3n) is 10.4. The first kappa shape index (κ1) is 39.3. The number of nitrogens with one attached hydrogen (secondary N) is 3. The van der Waals surface area contributed by atoms with Gasteiger partial charge in [-0.2, -0.15) is 9.97 Å². The summed E-state index contributed by atoms with van der Waals surface area (Å²) in [4.78, 5) is 56.0. The van der Waals surface area contributed by atoms with E-state index in [1.165, 1.54) is 12.1 Å². The van der Waals surface area contributed by atoms with Gasteiger partial charge < -0.3 is 37.2 Å². The molecule has 15 nitrogen and oxygen atoms in total. The third-order valence-corrected chi connectivity index (χ3v) is 10.4. The Bertz CT molecular complexity index is 2700. The van der Waals surface area contributed by atoms with Crippen LogP contribution in [0.25, 0.3) is 33.3 Å². The highest BCUT2D eigenvalue weighted by Crippen LogP contribution is 2.32. The summed E-state index contributed by atoms with van der Waals surface area (Å²) < 4.78 is 13.4. The summed E-state index contributed by atoms with van der Waals surface area (Å²) in [5.41, 5.74) is 19.6. The molecule has 0 aliphatic carbocycles. The maximum Gasteiger partial charge on any atom is 0.320 e. The minimum atomic E-state index is -0.309. The monoisotopic (exact) mass is 805 g/mol. The van der Waals surface area contributed by atoms with Crippen molar-refractivity contribution in [2.75, 3.05) is 51.5 Å². The van der Waals surface area contributed by atoms with E-state index < -0.39 is 0 Å². The smallest absolute Gasteiger partial charge is 0.320 e. The van der Waals surface area contributed by atoms with Crippen molar-refractivity contribution in [2.24, 2.45) is 5.92 Å². The van der Waals surface area contributed by atoms with Crippen molar-refractivity contribution >= 4 is 68.9 Å². The van der Waals surface area contributed by atoms with Crippen LogP contribution in [0.5, 0.6) is 0 Å². The van der Waals surface area contributed by atoms with Crippen molar-refractivity contribution in [3.05, 3.63) is 120 Å². The van der Waals surface area contributed by atoms with E-state index in [1.807, 2.05) is 91.5 Å². The molecular weight excluding hydrogens is 762 g/mol. The lowest BCUT2D eigenvalue weighted by atomic mass is 10.1. The topological polar surface area (TPSA) is 206 Å². The maximum atomic E-state index is 13.4. The fourth-order valence-corrected chi connectivity index (χ4v) is 7.53. The molecule has 4 aromatic heterocycles. The average Bonchev–Trinajstić information content (AvgIpc) is 3.91. The van der Waals surface area contributed by atoms with Crippen LogP contribution in [0.3, 0.4) is 0 Å². The first-order valence-electron chi connectivity index (χ1n) is 19.7. The van der Waals surface area contributed by atoms with Crippen molar-refractivity contribution in [2.45, 2.75) is 39.3 Å². The summed E-state index contributed by atoms with van der Waals surface area (Å²) in [6, 6.07) is 28.6. The number of carbonyl (C=O) groups excluding carboxylic acids is 2. The highest BCUT2D eigenvalue weighted by atomic mass is 19.1. The number of anilines is 6. The third kappa shape index (κ3) is 8.97. The number of nitrogens with two attached hydrogens (primary N) is 2. The second-order valence-electron chi connectivity index (χ2n) is 14.9. The van der Waals surface area contributed by atoms with Crippen LogP contribution in [0.4, 0.5) is 44.1 Å². The number of rotatable bonds is 7. The number of aryl methyl sites for hydroxylation is 2. The van der Waals surface area contributed by atoms with E-state index in [-0.39, 0.29) is 41.7 Å². The van der Waals surface area contributed by atoms with Crippen LogP contribution in [0.15, 0.2) is 103 Å². The fourth-order valence-electron chi connectivity index (χ4n) is 7.53. The van der Waals surface area contributed by atoms with E-state index in [1.54, 1.807) is 18.3 Å². The van der Waals surface area contributed by atoms with Gasteiger partial charge in [0, 0.05) is 42.8 Å². The number of pyridine rings is 2. The van der Waals surface area contributed by atoms with E-state index >= 15 is 0 Å². The van der Waals surface area contributed by atoms with Crippen molar-refractivity contribution in [1.29, 1.82) is 0 Å². The number of amides is 3. The maximum absolute atomic E-state index is 13.4. The normalized spacial score (nSPS) is 16.1. The molecule has 2 aliphatic rings. The minimum absolute atomic E-state index is 0.0254. The van der Waals surface area contributed by atoms with Gasteiger partial charge in [0.1, 0.15) is 23.0 Å². The van der Waals surface area contributed by atoms with Crippen LogP contribution < -0.4 is 37.2 Å². The van der Waals surface area contributed by atoms with Gasteiger partial charge in [-0.15, -0.1) is 0 Å². The molecule has 60 heavy (non-hydrogen) atoms. The summed E-state index contributed by atoms with van der Waals surface area (Å²) in [6.45, 7) is 5.97. The van der Waals surface area contributed by atoms with Crippen molar-refractivity contribution in [3.8, 4) is 11.3 Å². The van der Waals surface area contributed by atoms with Crippen molar-refractivity contribution in [1.82, 2.24) is 35.2 Å². The Kier molecular flexibility index (Phi) is 11.3. The molecule has 0 unspecified atom stereocenters. The zero-order valence-corrected chi connectivity index (χ0v) is 33.1. The molecule has 3 aromatic carbocycles. The number of benzene rings is 3. The number of nitrogens with zero attached hydrogens (tertiary/aromatic N) is 8. The second kappa shape index (κ2) is 17.2. The SMILES string of the molecule is Cc1cccc(NC(=O)N[C@@H]2CCCN2c2nc(N)nc3ccc(-c4ccc(F)cc4)nc23)c1.Cc1cccc(NC(=O)[C@H]2CCN(c3nc(N)nc4cccnc34)C2)c1. The second-order valence-corrected chi connectivity index (χ2v) is 14.9. The first-order chi connectivity index (χ1) is 29.1. The molecule has 0 radical (unpaired) electrons. The number of carbonyl (C=O) groups is 2. The molecule has 2 aliphatic heterocycles. The number of nitrogen functional groups attached to an aromatic ring is 2. The predicted octanol–water partition coefficient (Wildman–Crippen LogP) is 6.85. The number of hydrogen-bond donors (Lipinski definition) is 5. The first-order valence-corrected chi connectivity index (χ1v) is 19.7. The number of aromatic nitrogens is 6. The molecule has 9 rings (SSSR count). The lowest BCUT2D eigenvalue weighted by Crippen LogP contribution is -2.46. The molecule has 304 valence electrons. The van der Waals surface area contributed by atoms with Gasteiger partial charge >= 0.3 is 6.03 Å². The number of halogens is 1. The number of fused-ring (bicyclic) bond motifs is 2. The molecule has 3 amide bonds. The van der Waals surface area contributed by atoms with Crippen LogP contribution >= 0.6 is 0 Å². The van der Waals surface area contributed by atoms with Gasteiger partial charge in [-0.25, -0.2) is 24.1 Å². The van der Waals surface area contributed by atoms with Gasteiger partial charge in [0.05, 0.1) is 22.6 Å².